The fourth-order valence-corrected chi connectivity index (χ4v) is 4.14. The smallest absolute Gasteiger partial charge is 0.238 e. The summed E-state index contributed by atoms with van der Waals surface area (Å²) in [6.45, 7) is 0. The Morgan fingerprint density at radius 1 is 0.893 bits per heavy atom. The monoisotopic (exact) mass is 388 g/mol. The lowest BCUT2D eigenvalue weighted by molar-refractivity contribution is 0.598. The van der Waals surface area contributed by atoms with Crippen molar-refractivity contribution in [3.63, 3.8) is 0 Å². The molecule has 138 valence electrons. The average Bonchev–Trinajstić information content (AvgIpc) is 3.33. The Kier molecular flexibility index (Phi) is 3.61. The Bertz CT molecular complexity index is 1450. The van der Waals surface area contributed by atoms with E-state index in [0.717, 1.165) is 44.3 Å². The van der Waals surface area contributed by atoms with Crippen LogP contribution in [-0.4, -0.2) is 23.4 Å². The molecule has 28 heavy (non-hydrogen) atoms. The minimum absolute atomic E-state index is 0.0777. The predicted octanol–water partition coefficient (Wildman–Crippen LogP) is 4.03. The quantitative estimate of drug-likeness (QED) is 0.435. The molecule has 0 atom stereocenters. The van der Waals surface area contributed by atoms with E-state index in [9.17, 15) is 8.42 Å². The Balaban J connectivity index is 1.72. The van der Waals surface area contributed by atoms with E-state index in [-0.39, 0.29) is 4.90 Å². The number of nitrogens with one attached hydrogen (secondary N) is 2. The van der Waals surface area contributed by atoms with Gasteiger partial charge in [-0.05, 0) is 53.1 Å². The van der Waals surface area contributed by atoms with Crippen LogP contribution in [0.1, 0.15) is 0 Å². The maximum Gasteiger partial charge on any atom is 0.238 e. The number of benzene rings is 2. The van der Waals surface area contributed by atoms with E-state index in [4.69, 9.17) is 5.14 Å². The molecule has 3 heterocycles. The summed E-state index contributed by atoms with van der Waals surface area (Å²) in [6, 6.07) is 18.7. The summed E-state index contributed by atoms with van der Waals surface area (Å²) in [5.74, 6) is 0. The third kappa shape index (κ3) is 2.69. The van der Waals surface area contributed by atoms with E-state index >= 15 is 0 Å². The van der Waals surface area contributed by atoms with Crippen molar-refractivity contribution < 1.29 is 8.42 Å². The zero-order valence-electron chi connectivity index (χ0n) is 14.7. The Hall–Kier alpha value is -3.42. The first-order valence-corrected chi connectivity index (χ1v) is 10.2. The molecule has 0 spiro atoms. The van der Waals surface area contributed by atoms with Crippen LogP contribution in [0, 0.1) is 0 Å². The van der Waals surface area contributed by atoms with Crippen LogP contribution >= 0.6 is 0 Å². The summed E-state index contributed by atoms with van der Waals surface area (Å²) in [7, 11) is -3.77. The van der Waals surface area contributed by atoms with E-state index in [2.05, 4.69) is 27.1 Å². The van der Waals surface area contributed by atoms with Gasteiger partial charge in [0.25, 0.3) is 0 Å². The standard InChI is InChI=1S/C21H16N4O2S/c22-28(26,27)14-4-1-3-13(11-14)20-12-18-16(7-10-24-21(18)25-20)15-5-2-6-19-17(15)8-9-23-19/h1-12,23H,(H,24,25)(H2,22,26,27). The third-order valence-corrected chi connectivity index (χ3v) is 5.80. The van der Waals surface area contributed by atoms with Crippen LogP contribution in [0.25, 0.3) is 44.3 Å². The van der Waals surface area contributed by atoms with Gasteiger partial charge in [-0.3, -0.25) is 0 Å². The topological polar surface area (TPSA) is 105 Å². The number of hydrogen-bond donors (Lipinski definition) is 3. The number of fused-ring (bicyclic) bond motifs is 2. The largest absolute Gasteiger partial charge is 0.361 e. The van der Waals surface area contributed by atoms with Crippen LogP contribution in [0.3, 0.4) is 0 Å². The van der Waals surface area contributed by atoms with E-state index < -0.39 is 10.0 Å². The molecule has 4 N–H and O–H groups in total. The number of rotatable bonds is 3. The minimum atomic E-state index is -3.77. The number of aromatic amines is 2. The lowest BCUT2D eigenvalue weighted by atomic mass is 10.00. The van der Waals surface area contributed by atoms with Crippen LogP contribution in [0.15, 0.2) is 78.0 Å². The highest BCUT2D eigenvalue weighted by Gasteiger charge is 2.14. The van der Waals surface area contributed by atoms with Gasteiger partial charge in [-0.1, -0.05) is 24.3 Å². The van der Waals surface area contributed by atoms with Crippen molar-refractivity contribution in [1.29, 1.82) is 0 Å². The fourth-order valence-electron chi connectivity index (χ4n) is 3.58. The molecule has 3 aromatic heterocycles. The van der Waals surface area contributed by atoms with Gasteiger partial charge in [0.15, 0.2) is 0 Å². The number of H-pyrrole nitrogens is 2. The molecule has 6 nitrogen and oxygen atoms in total. The van der Waals surface area contributed by atoms with Gasteiger partial charge in [0.2, 0.25) is 10.0 Å². The van der Waals surface area contributed by atoms with E-state index in [1.807, 2.05) is 36.5 Å². The molecule has 0 radical (unpaired) electrons. The molecule has 0 aliphatic carbocycles. The molecule has 0 fully saturated rings. The lowest BCUT2D eigenvalue weighted by Crippen LogP contribution is -2.11. The minimum Gasteiger partial charge on any atom is -0.361 e. The van der Waals surface area contributed by atoms with Gasteiger partial charge < -0.3 is 9.97 Å². The van der Waals surface area contributed by atoms with Crippen molar-refractivity contribution in [2.75, 3.05) is 0 Å². The molecular formula is C21H16N4O2S. The first-order valence-electron chi connectivity index (χ1n) is 8.68. The highest BCUT2D eigenvalue weighted by molar-refractivity contribution is 7.89. The number of hydrogen-bond acceptors (Lipinski definition) is 3. The summed E-state index contributed by atoms with van der Waals surface area (Å²) >= 11 is 0. The molecule has 2 aromatic carbocycles. The SMILES string of the molecule is NS(=O)(=O)c1cccc(-c2cc3c(-c4cccc5[nH]ccc45)ccnc3[nH]2)c1. The van der Waals surface area contributed by atoms with Crippen molar-refractivity contribution >= 4 is 32.0 Å². The second kappa shape index (κ2) is 6.05. The highest BCUT2D eigenvalue weighted by Crippen LogP contribution is 2.35. The normalized spacial score (nSPS) is 12.0. The number of sulfonamides is 1. The molecule has 5 aromatic rings. The number of nitrogens with zero attached hydrogens (tertiary/aromatic N) is 1. The molecule has 0 aliphatic heterocycles. The van der Waals surface area contributed by atoms with Crippen molar-refractivity contribution in [2.24, 2.45) is 5.14 Å². The summed E-state index contributed by atoms with van der Waals surface area (Å²) in [4.78, 5) is 11.0. The Morgan fingerprint density at radius 2 is 1.71 bits per heavy atom. The van der Waals surface area contributed by atoms with Crippen molar-refractivity contribution in [3.8, 4) is 22.4 Å². The molecule has 7 heteroatoms. The van der Waals surface area contributed by atoms with Gasteiger partial charge in [0, 0.05) is 34.4 Å². The molecule has 0 amide bonds. The summed E-state index contributed by atoms with van der Waals surface area (Å²) in [5, 5.41) is 7.37. The van der Waals surface area contributed by atoms with E-state index in [0.29, 0.717) is 0 Å². The van der Waals surface area contributed by atoms with Crippen LogP contribution < -0.4 is 5.14 Å². The molecule has 0 saturated heterocycles. The summed E-state index contributed by atoms with van der Waals surface area (Å²) in [5.41, 5.74) is 5.48. The van der Waals surface area contributed by atoms with Gasteiger partial charge >= 0.3 is 0 Å². The van der Waals surface area contributed by atoms with Gasteiger partial charge in [0.1, 0.15) is 5.65 Å². The van der Waals surface area contributed by atoms with Gasteiger partial charge in [0.05, 0.1) is 4.90 Å². The molecule has 0 aliphatic rings. The number of pyridine rings is 1. The second-order valence-electron chi connectivity index (χ2n) is 6.62. The van der Waals surface area contributed by atoms with Crippen LogP contribution in [-0.2, 0) is 10.0 Å². The average molecular weight is 388 g/mol. The zero-order valence-corrected chi connectivity index (χ0v) is 15.5. The van der Waals surface area contributed by atoms with Gasteiger partial charge in [-0.2, -0.15) is 0 Å². The number of primary sulfonamides is 1. The Morgan fingerprint density at radius 3 is 2.57 bits per heavy atom. The van der Waals surface area contributed by atoms with Crippen LogP contribution in [0.2, 0.25) is 0 Å². The first kappa shape index (κ1) is 16.7. The zero-order chi connectivity index (χ0) is 19.3. The molecule has 0 unspecified atom stereocenters. The van der Waals surface area contributed by atoms with E-state index in [1.54, 1.807) is 18.3 Å². The van der Waals surface area contributed by atoms with Crippen LogP contribution in [0.4, 0.5) is 0 Å². The van der Waals surface area contributed by atoms with Crippen molar-refractivity contribution in [1.82, 2.24) is 15.0 Å². The Labute approximate surface area is 161 Å². The number of nitrogens with two attached hydrogens (primary N) is 1. The molecule has 0 saturated carbocycles. The molecule has 5 rings (SSSR count). The summed E-state index contributed by atoms with van der Waals surface area (Å²) in [6.07, 6.45) is 3.69. The molecule has 0 bridgehead atoms. The van der Waals surface area contributed by atoms with Gasteiger partial charge in [-0.25, -0.2) is 18.5 Å². The second-order valence-corrected chi connectivity index (χ2v) is 8.18. The predicted molar refractivity (Wildman–Crippen MR) is 110 cm³/mol. The molecular weight excluding hydrogens is 372 g/mol. The highest BCUT2D eigenvalue weighted by atomic mass is 32.2. The summed E-state index contributed by atoms with van der Waals surface area (Å²) < 4.78 is 23.4. The van der Waals surface area contributed by atoms with Crippen molar-refractivity contribution in [2.45, 2.75) is 4.90 Å². The van der Waals surface area contributed by atoms with E-state index in [1.165, 1.54) is 6.07 Å². The maximum atomic E-state index is 11.7. The van der Waals surface area contributed by atoms with Crippen LogP contribution in [0.5, 0.6) is 0 Å². The lowest BCUT2D eigenvalue weighted by Gasteiger charge is -2.05. The third-order valence-electron chi connectivity index (χ3n) is 4.89. The maximum absolute atomic E-state index is 11.7. The first-order chi connectivity index (χ1) is 13.5. The van der Waals surface area contributed by atoms with Gasteiger partial charge in [-0.15, -0.1) is 0 Å². The number of aromatic nitrogens is 3. The van der Waals surface area contributed by atoms with Crippen molar-refractivity contribution in [3.05, 3.63) is 73.1 Å². The fraction of sp³-hybridized carbons (Fsp3) is 0.